The second-order valence-corrected chi connectivity index (χ2v) is 7.16. The van der Waals surface area contributed by atoms with E-state index in [0.717, 1.165) is 27.4 Å². The highest BCUT2D eigenvalue weighted by Crippen LogP contribution is 2.27. The highest BCUT2D eigenvalue weighted by atomic mass is 32.1. The van der Waals surface area contributed by atoms with E-state index in [1.54, 1.807) is 6.20 Å². The molecule has 0 fully saturated rings. The molecular weight excluding hydrogens is 334 g/mol. The maximum Gasteiger partial charge on any atom is 0.267 e. The molecular formula is C18H17N5OS. The number of thiazole rings is 1. The molecule has 25 heavy (non-hydrogen) atoms. The summed E-state index contributed by atoms with van der Waals surface area (Å²) in [6, 6.07) is 9.61. The van der Waals surface area contributed by atoms with Gasteiger partial charge >= 0.3 is 0 Å². The Morgan fingerprint density at radius 1 is 1.20 bits per heavy atom. The molecule has 0 bridgehead atoms. The molecule has 1 aromatic carbocycles. The lowest BCUT2D eigenvalue weighted by molar-refractivity contribution is 0.103. The first kappa shape index (κ1) is 15.7. The average Bonchev–Trinajstić information content (AvgIpc) is 3.16. The van der Waals surface area contributed by atoms with Crippen molar-refractivity contribution in [3.8, 4) is 0 Å². The van der Waals surface area contributed by atoms with E-state index in [2.05, 4.69) is 34.3 Å². The monoisotopic (exact) mass is 351 g/mol. The second kappa shape index (κ2) is 5.93. The normalized spacial score (nSPS) is 11.5. The van der Waals surface area contributed by atoms with Crippen LogP contribution in [0.15, 0.2) is 36.5 Å². The molecule has 0 radical (unpaired) electrons. The molecule has 0 aliphatic rings. The number of amides is 1. The van der Waals surface area contributed by atoms with Crippen molar-refractivity contribution in [2.45, 2.75) is 26.7 Å². The Hall–Kier alpha value is -2.80. The molecule has 0 atom stereocenters. The maximum absolute atomic E-state index is 12.8. The van der Waals surface area contributed by atoms with Crippen molar-refractivity contribution in [3.05, 3.63) is 52.9 Å². The maximum atomic E-state index is 12.8. The minimum atomic E-state index is -0.152. The highest BCUT2D eigenvalue weighted by molar-refractivity contribution is 7.19. The van der Waals surface area contributed by atoms with Crippen molar-refractivity contribution in [1.29, 1.82) is 0 Å². The van der Waals surface area contributed by atoms with E-state index in [0.29, 0.717) is 10.6 Å². The Labute approximate surface area is 148 Å². The van der Waals surface area contributed by atoms with Crippen LogP contribution in [0.4, 0.5) is 5.69 Å². The van der Waals surface area contributed by atoms with Gasteiger partial charge in [-0.1, -0.05) is 43.4 Å². The number of pyridine rings is 1. The predicted octanol–water partition coefficient (Wildman–Crippen LogP) is 4.02. The van der Waals surface area contributed by atoms with Crippen LogP contribution in [-0.2, 0) is 0 Å². The fourth-order valence-electron chi connectivity index (χ4n) is 2.90. The molecule has 0 unspecified atom stereocenters. The number of fused-ring (bicyclic) bond motifs is 2. The second-order valence-electron chi connectivity index (χ2n) is 6.18. The minimum Gasteiger partial charge on any atom is -0.319 e. The number of nitrogens with zero attached hydrogens (tertiary/aromatic N) is 4. The van der Waals surface area contributed by atoms with Gasteiger partial charge in [0.05, 0.1) is 11.2 Å². The Bertz CT molecular complexity index is 1090. The number of carbonyl (C=O) groups excluding carboxylic acids is 1. The number of nitrogens with one attached hydrogen (secondary N) is 1. The molecule has 0 aliphatic heterocycles. The predicted molar refractivity (Wildman–Crippen MR) is 99.4 cm³/mol. The van der Waals surface area contributed by atoms with Gasteiger partial charge in [0.2, 0.25) is 4.96 Å². The van der Waals surface area contributed by atoms with Gasteiger partial charge in [0, 0.05) is 23.2 Å². The van der Waals surface area contributed by atoms with E-state index < -0.39 is 0 Å². The van der Waals surface area contributed by atoms with Crippen LogP contribution in [0.3, 0.4) is 0 Å². The lowest BCUT2D eigenvalue weighted by Crippen LogP contribution is -2.13. The molecule has 4 rings (SSSR count). The number of anilines is 1. The fraction of sp³-hybridized carbons (Fsp3) is 0.222. The molecule has 1 amide bonds. The van der Waals surface area contributed by atoms with E-state index in [1.807, 2.05) is 41.7 Å². The van der Waals surface area contributed by atoms with Crippen molar-refractivity contribution >= 4 is 38.8 Å². The number of para-hydroxylation sites is 1. The summed E-state index contributed by atoms with van der Waals surface area (Å²) in [4.78, 5) is 18.6. The summed E-state index contributed by atoms with van der Waals surface area (Å²) in [5, 5.41) is 12.4. The molecule has 0 spiro atoms. The van der Waals surface area contributed by atoms with E-state index in [1.165, 1.54) is 11.3 Å². The van der Waals surface area contributed by atoms with Crippen LogP contribution in [0.25, 0.3) is 15.9 Å². The lowest BCUT2D eigenvalue weighted by atomic mass is 10.2. The molecule has 3 heterocycles. The van der Waals surface area contributed by atoms with Gasteiger partial charge in [0.25, 0.3) is 5.91 Å². The van der Waals surface area contributed by atoms with Gasteiger partial charge in [-0.2, -0.15) is 0 Å². The zero-order chi connectivity index (χ0) is 17.6. The Kier molecular flexibility index (Phi) is 3.73. The number of carbonyl (C=O) groups is 1. The van der Waals surface area contributed by atoms with Crippen molar-refractivity contribution in [3.63, 3.8) is 0 Å². The molecule has 1 N–H and O–H groups in total. The van der Waals surface area contributed by atoms with E-state index >= 15 is 0 Å². The SMILES string of the molecule is Cc1c(C(=O)Nc2cccc3cccnc23)sc2nnc(C(C)C)n12. The van der Waals surface area contributed by atoms with Crippen LogP contribution >= 0.6 is 11.3 Å². The summed E-state index contributed by atoms with van der Waals surface area (Å²) in [6.45, 7) is 6.05. The molecule has 3 aromatic heterocycles. The van der Waals surface area contributed by atoms with Gasteiger partial charge in [0.15, 0.2) is 0 Å². The molecule has 7 heteroatoms. The smallest absolute Gasteiger partial charge is 0.267 e. The van der Waals surface area contributed by atoms with Gasteiger partial charge < -0.3 is 5.32 Å². The number of rotatable bonds is 3. The van der Waals surface area contributed by atoms with Crippen molar-refractivity contribution < 1.29 is 4.79 Å². The summed E-state index contributed by atoms with van der Waals surface area (Å²) >= 11 is 1.35. The first-order chi connectivity index (χ1) is 12.1. The van der Waals surface area contributed by atoms with Crippen LogP contribution in [0.5, 0.6) is 0 Å². The first-order valence-corrected chi connectivity index (χ1v) is 8.87. The molecule has 6 nitrogen and oxygen atoms in total. The summed E-state index contributed by atoms with van der Waals surface area (Å²) in [5.41, 5.74) is 2.34. The summed E-state index contributed by atoms with van der Waals surface area (Å²) < 4.78 is 1.96. The highest BCUT2D eigenvalue weighted by Gasteiger charge is 2.21. The third kappa shape index (κ3) is 2.56. The average molecular weight is 351 g/mol. The van der Waals surface area contributed by atoms with Gasteiger partial charge in [0.1, 0.15) is 10.7 Å². The minimum absolute atomic E-state index is 0.152. The zero-order valence-electron chi connectivity index (χ0n) is 14.1. The molecule has 0 aliphatic carbocycles. The van der Waals surface area contributed by atoms with Crippen LogP contribution in [0, 0.1) is 6.92 Å². The fourth-order valence-corrected chi connectivity index (χ4v) is 3.87. The third-order valence-corrected chi connectivity index (χ3v) is 5.25. The van der Waals surface area contributed by atoms with E-state index in [9.17, 15) is 4.79 Å². The van der Waals surface area contributed by atoms with E-state index in [4.69, 9.17) is 0 Å². The summed E-state index contributed by atoms with van der Waals surface area (Å²) in [6.07, 6.45) is 1.73. The molecule has 0 saturated heterocycles. The first-order valence-electron chi connectivity index (χ1n) is 8.05. The quantitative estimate of drug-likeness (QED) is 0.605. The Balaban J connectivity index is 1.74. The van der Waals surface area contributed by atoms with Gasteiger partial charge in [-0.05, 0) is 19.1 Å². The van der Waals surface area contributed by atoms with Gasteiger partial charge in [-0.25, -0.2) is 0 Å². The number of aromatic nitrogens is 4. The topological polar surface area (TPSA) is 72.2 Å². The summed E-state index contributed by atoms with van der Waals surface area (Å²) in [7, 11) is 0. The van der Waals surface area contributed by atoms with E-state index in [-0.39, 0.29) is 11.8 Å². The van der Waals surface area contributed by atoms with Crippen molar-refractivity contribution in [2.75, 3.05) is 5.32 Å². The third-order valence-electron chi connectivity index (χ3n) is 4.12. The van der Waals surface area contributed by atoms with Crippen molar-refractivity contribution in [1.82, 2.24) is 19.6 Å². The Morgan fingerprint density at radius 2 is 2.00 bits per heavy atom. The number of benzene rings is 1. The van der Waals surface area contributed by atoms with Crippen LogP contribution in [0.2, 0.25) is 0 Å². The largest absolute Gasteiger partial charge is 0.319 e. The number of aryl methyl sites for hydroxylation is 1. The molecule has 126 valence electrons. The van der Waals surface area contributed by atoms with Crippen LogP contribution < -0.4 is 5.32 Å². The Morgan fingerprint density at radius 3 is 2.80 bits per heavy atom. The number of hydrogen-bond acceptors (Lipinski definition) is 5. The lowest BCUT2D eigenvalue weighted by Gasteiger charge is -2.08. The van der Waals surface area contributed by atoms with Crippen LogP contribution in [0.1, 0.15) is 41.0 Å². The molecule has 4 aromatic rings. The summed E-state index contributed by atoms with van der Waals surface area (Å²) in [5.74, 6) is 0.956. The number of hydrogen-bond donors (Lipinski definition) is 1. The molecule has 0 saturated carbocycles. The standard InChI is InChI=1S/C18H17N5OS/c1-10(2)16-21-22-18-23(16)11(3)15(25-18)17(24)20-13-8-4-6-12-7-5-9-19-14(12)13/h4-10H,1-3H3,(H,20,24). The van der Waals surface area contributed by atoms with Crippen LogP contribution in [-0.4, -0.2) is 25.5 Å². The van der Waals surface area contributed by atoms with Gasteiger partial charge in [-0.3, -0.25) is 14.2 Å². The van der Waals surface area contributed by atoms with Crippen molar-refractivity contribution in [2.24, 2.45) is 0 Å². The zero-order valence-corrected chi connectivity index (χ0v) is 15.0. The van der Waals surface area contributed by atoms with Gasteiger partial charge in [-0.15, -0.1) is 10.2 Å².